The molecule has 2 aromatic rings. The van der Waals surface area contributed by atoms with Crippen molar-refractivity contribution in [1.29, 1.82) is 5.26 Å². The number of carbonyl (C=O) groups is 1. The Labute approximate surface area is 181 Å². The smallest absolute Gasteiger partial charge is 0.162 e. The molecule has 0 bridgehead atoms. The minimum Gasteiger partial charge on any atom is -0.494 e. The van der Waals surface area contributed by atoms with E-state index in [1.165, 1.54) is 0 Å². The lowest BCUT2D eigenvalue weighted by atomic mass is 9.72. The van der Waals surface area contributed by atoms with Crippen LogP contribution in [0.4, 0.5) is 0 Å². The molecule has 0 radical (unpaired) electrons. The average Bonchev–Trinajstić information content (AvgIpc) is 2.74. The molecular formula is C25H23ClN2O2. The molecule has 0 spiro atoms. The van der Waals surface area contributed by atoms with Gasteiger partial charge in [0.15, 0.2) is 5.78 Å². The van der Waals surface area contributed by atoms with E-state index in [-0.39, 0.29) is 11.7 Å². The van der Waals surface area contributed by atoms with Crippen LogP contribution in [0.25, 0.3) is 0 Å². The minimum atomic E-state index is -0.410. The van der Waals surface area contributed by atoms with Crippen LogP contribution in [0.2, 0.25) is 5.02 Å². The van der Waals surface area contributed by atoms with Crippen LogP contribution < -0.4 is 10.1 Å². The number of allylic oxidation sites excluding steroid dienone is 4. The van der Waals surface area contributed by atoms with Gasteiger partial charge in [0.2, 0.25) is 0 Å². The van der Waals surface area contributed by atoms with Crippen molar-refractivity contribution in [3.05, 3.63) is 87.2 Å². The molecule has 1 N–H and O–H groups in total. The Morgan fingerprint density at radius 3 is 2.60 bits per heavy atom. The van der Waals surface area contributed by atoms with E-state index in [0.717, 1.165) is 22.5 Å². The van der Waals surface area contributed by atoms with Gasteiger partial charge in [-0.3, -0.25) is 4.79 Å². The van der Waals surface area contributed by atoms with Crippen LogP contribution in [-0.2, 0) is 4.79 Å². The Bertz CT molecular complexity index is 1090. The summed E-state index contributed by atoms with van der Waals surface area (Å²) in [5, 5.41) is 14.0. The first-order valence-corrected chi connectivity index (χ1v) is 10.5. The predicted molar refractivity (Wildman–Crippen MR) is 117 cm³/mol. The van der Waals surface area contributed by atoms with Gasteiger partial charge >= 0.3 is 0 Å². The molecule has 2 atom stereocenters. The van der Waals surface area contributed by atoms with Gasteiger partial charge in [0.05, 0.1) is 24.2 Å². The Balaban J connectivity index is 1.80. The number of hydrogen-bond donors (Lipinski definition) is 1. The second-order valence-corrected chi connectivity index (χ2v) is 8.09. The highest BCUT2D eigenvalue weighted by Gasteiger charge is 2.39. The van der Waals surface area contributed by atoms with Crippen molar-refractivity contribution in [1.82, 2.24) is 5.32 Å². The topological polar surface area (TPSA) is 62.1 Å². The lowest BCUT2D eigenvalue weighted by Gasteiger charge is -2.36. The van der Waals surface area contributed by atoms with Crippen LogP contribution >= 0.6 is 11.6 Å². The molecule has 1 aliphatic carbocycles. The Morgan fingerprint density at radius 2 is 1.90 bits per heavy atom. The van der Waals surface area contributed by atoms with Gasteiger partial charge in [-0.2, -0.15) is 5.26 Å². The van der Waals surface area contributed by atoms with Crippen molar-refractivity contribution in [3.8, 4) is 11.8 Å². The molecule has 1 aliphatic heterocycles. The fourth-order valence-corrected chi connectivity index (χ4v) is 4.60. The van der Waals surface area contributed by atoms with Gasteiger partial charge in [-0.1, -0.05) is 41.9 Å². The van der Waals surface area contributed by atoms with Gasteiger partial charge in [-0.25, -0.2) is 0 Å². The highest BCUT2D eigenvalue weighted by atomic mass is 35.5. The quantitative estimate of drug-likeness (QED) is 0.699. The second-order valence-electron chi connectivity index (χ2n) is 7.65. The van der Waals surface area contributed by atoms with E-state index in [4.69, 9.17) is 16.3 Å². The van der Waals surface area contributed by atoms with Gasteiger partial charge in [0, 0.05) is 34.0 Å². The first-order valence-electron chi connectivity index (χ1n) is 10.1. The number of nitrogens with zero attached hydrogens (tertiary/aromatic N) is 1. The fraction of sp³-hybridized carbons (Fsp3) is 0.280. The van der Waals surface area contributed by atoms with Gasteiger partial charge in [-0.05, 0) is 49.9 Å². The standard InChI is InChI=1S/C25H23ClN2O2/c1-3-30-23-7-5-4-6-19(23)24-20(14-27)15(2)28-21-12-17(13-22(29)25(21)24)16-8-10-18(26)11-9-16/h4-11,17,24,28H,3,12-13H2,1-2H3/t17-,24+/m0/s1. The van der Waals surface area contributed by atoms with Gasteiger partial charge in [0.25, 0.3) is 0 Å². The molecule has 0 amide bonds. The van der Waals surface area contributed by atoms with Crippen molar-refractivity contribution in [2.45, 2.75) is 38.5 Å². The number of carbonyl (C=O) groups excluding carboxylic acids is 1. The monoisotopic (exact) mass is 418 g/mol. The maximum absolute atomic E-state index is 13.4. The summed E-state index contributed by atoms with van der Waals surface area (Å²) in [6.45, 7) is 4.35. The summed E-state index contributed by atoms with van der Waals surface area (Å²) in [5.41, 5.74) is 4.91. The number of benzene rings is 2. The number of ether oxygens (including phenoxy) is 1. The van der Waals surface area contributed by atoms with E-state index < -0.39 is 5.92 Å². The van der Waals surface area contributed by atoms with E-state index in [1.54, 1.807) is 0 Å². The molecule has 0 unspecified atom stereocenters. The molecule has 0 aromatic heterocycles. The third kappa shape index (κ3) is 3.62. The van der Waals surface area contributed by atoms with Crippen molar-refractivity contribution >= 4 is 17.4 Å². The largest absolute Gasteiger partial charge is 0.494 e. The molecule has 2 aliphatic rings. The summed E-state index contributed by atoms with van der Waals surface area (Å²) in [5.74, 6) is 0.458. The number of Topliss-reactive ketones (excluding diaryl/α,β-unsaturated/α-hetero) is 1. The van der Waals surface area contributed by atoms with Crippen LogP contribution in [-0.4, -0.2) is 12.4 Å². The summed E-state index contributed by atoms with van der Waals surface area (Å²) in [7, 11) is 0. The highest BCUT2D eigenvalue weighted by molar-refractivity contribution is 6.30. The minimum absolute atomic E-state index is 0.0697. The van der Waals surface area contributed by atoms with E-state index in [0.29, 0.717) is 41.4 Å². The van der Waals surface area contributed by atoms with Crippen LogP contribution in [0.1, 0.15) is 49.7 Å². The summed E-state index contributed by atoms with van der Waals surface area (Å²) in [6.07, 6.45) is 1.12. The number of para-hydroxylation sites is 1. The molecule has 30 heavy (non-hydrogen) atoms. The number of dihydropyridines is 1. The predicted octanol–water partition coefficient (Wildman–Crippen LogP) is 5.62. The molecule has 4 nitrogen and oxygen atoms in total. The van der Waals surface area contributed by atoms with Gasteiger partial charge in [0.1, 0.15) is 5.75 Å². The summed E-state index contributed by atoms with van der Waals surface area (Å²) < 4.78 is 5.84. The lowest BCUT2D eigenvalue weighted by molar-refractivity contribution is -0.116. The summed E-state index contributed by atoms with van der Waals surface area (Å²) in [6, 6.07) is 17.7. The molecule has 0 saturated heterocycles. The zero-order valence-electron chi connectivity index (χ0n) is 17.0. The van der Waals surface area contributed by atoms with Crippen LogP contribution in [0, 0.1) is 11.3 Å². The van der Waals surface area contributed by atoms with Crippen LogP contribution in [0.15, 0.2) is 71.1 Å². The highest BCUT2D eigenvalue weighted by Crippen LogP contribution is 2.47. The number of halogens is 1. The second kappa shape index (κ2) is 8.38. The summed E-state index contributed by atoms with van der Waals surface area (Å²) in [4.78, 5) is 13.4. The molecule has 152 valence electrons. The number of nitrogens with one attached hydrogen (secondary N) is 1. The number of hydrogen-bond acceptors (Lipinski definition) is 4. The van der Waals surface area contributed by atoms with Gasteiger partial charge < -0.3 is 10.1 Å². The van der Waals surface area contributed by atoms with E-state index in [2.05, 4.69) is 11.4 Å². The van der Waals surface area contributed by atoms with Crippen molar-refractivity contribution < 1.29 is 9.53 Å². The zero-order valence-corrected chi connectivity index (χ0v) is 17.8. The number of ketones is 1. The Kier molecular flexibility index (Phi) is 5.65. The maximum Gasteiger partial charge on any atom is 0.162 e. The molecule has 4 rings (SSSR count). The Hall–Kier alpha value is -3.03. The summed E-state index contributed by atoms with van der Waals surface area (Å²) >= 11 is 6.03. The van der Waals surface area contributed by atoms with Crippen molar-refractivity contribution in [2.24, 2.45) is 0 Å². The normalized spacial score (nSPS) is 21.1. The molecule has 0 saturated carbocycles. The molecule has 0 fully saturated rings. The lowest BCUT2D eigenvalue weighted by Crippen LogP contribution is -2.33. The first-order chi connectivity index (χ1) is 14.5. The third-order valence-electron chi connectivity index (χ3n) is 5.82. The van der Waals surface area contributed by atoms with Crippen LogP contribution in [0.5, 0.6) is 5.75 Å². The SMILES string of the molecule is CCOc1ccccc1[C@@H]1C(C#N)=C(C)NC2=C1C(=O)C[C@@H](c1ccc(Cl)cc1)C2. The third-order valence-corrected chi connectivity index (χ3v) is 6.07. The van der Waals surface area contributed by atoms with Crippen molar-refractivity contribution in [3.63, 3.8) is 0 Å². The molecule has 1 heterocycles. The van der Waals surface area contributed by atoms with E-state index in [9.17, 15) is 10.1 Å². The zero-order chi connectivity index (χ0) is 21.3. The van der Waals surface area contributed by atoms with Gasteiger partial charge in [-0.15, -0.1) is 0 Å². The fourth-order valence-electron chi connectivity index (χ4n) is 4.47. The number of nitriles is 1. The average molecular weight is 419 g/mol. The molecule has 2 aromatic carbocycles. The van der Waals surface area contributed by atoms with E-state index in [1.807, 2.05) is 62.4 Å². The van der Waals surface area contributed by atoms with Crippen LogP contribution in [0.3, 0.4) is 0 Å². The molecular weight excluding hydrogens is 396 g/mol. The maximum atomic E-state index is 13.4. The molecule has 5 heteroatoms. The first kappa shape index (κ1) is 20.3. The van der Waals surface area contributed by atoms with Crippen molar-refractivity contribution in [2.75, 3.05) is 6.61 Å². The van der Waals surface area contributed by atoms with E-state index >= 15 is 0 Å². The number of rotatable bonds is 4. The Morgan fingerprint density at radius 1 is 1.17 bits per heavy atom.